The molecule has 0 N–H and O–H groups in total. The third-order valence-corrected chi connectivity index (χ3v) is 11.4. The topological polar surface area (TPSA) is 3.24 Å². The van der Waals surface area contributed by atoms with E-state index in [1.165, 1.54) is 77.2 Å². The summed E-state index contributed by atoms with van der Waals surface area (Å²) in [6, 6.07) is 73.4. The maximum Gasteiger partial charge on any atom is 0.0467 e. The molecule has 256 valence electrons. The Morgan fingerprint density at radius 3 is 1.81 bits per heavy atom. The predicted molar refractivity (Wildman–Crippen MR) is 230 cm³/mol. The number of benzene rings is 9. The fraction of sp³-hybridized carbons (Fsp3) is 0.0566. The zero-order chi connectivity index (χ0) is 36.2. The van der Waals surface area contributed by atoms with Crippen molar-refractivity contribution in [3.63, 3.8) is 0 Å². The summed E-state index contributed by atoms with van der Waals surface area (Å²) in [6.45, 7) is 4.74. The molecule has 0 saturated heterocycles. The predicted octanol–water partition coefficient (Wildman–Crippen LogP) is 14.8. The number of fused-ring (bicyclic) bond motifs is 5. The lowest BCUT2D eigenvalue weighted by atomic mass is 9.81. The Hall–Kier alpha value is -6.70. The van der Waals surface area contributed by atoms with Crippen LogP contribution in [0.5, 0.6) is 0 Å². The van der Waals surface area contributed by atoms with Crippen LogP contribution in [0.15, 0.2) is 200 Å². The fourth-order valence-electron chi connectivity index (χ4n) is 8.69. The Labute approximate surface area is 317 Å². The summed E-state index contributed by atoms with van der Waals surface area (Å²) >= 11 is 0. The summed E-state index contributed by atoms with van der Waals surface area (Å²) < 4.78 is 0. The van der Waals surface area contributed by atoms with Crippen LogP contribution in [0.2, 0.25) is 0 Å². The minimum absolute atomic E-state index is 0.153. The first-order valence-corrected chi connectivity index (χ1v) is 18.8. The maximum absolute atomic E-state index is 2.43. The molecule has 0 amide bonds. The number of hydrogen-bond donors (Lipinski definition) is 0. The minimum Gasteiger partial charge on any atom is -0.310 e. The summed E-state index contributed by atoms with van der Waals surface area (Å²) in [5, 5.41) is 5.00. The molecule has 0 bridgehead atoms. The van der Waals surface area contributed by atoms with Crippen LogP contribution in [0.25, 0.3) is 66.1 Å². The van der Waals surface area contributed by atoms with E-state index in [4.69, 9.17) is 0 Å². The van der Waals surface area contributed by atoms with Crippen LogP contribution >= 0.6 is 0 Å². The monoisotopic (exact) mass is 689 g/mol. The number of hydrogen-bond acceptors (Lipinski definition) is 1. The summed E-state index contributed by atoms with van der Waals surface area (Å²) in [7, 11) is 0. The Bertz CT molecular complexity index is 2850. The molecule has 1 heteroatoms. The minimum atomic E-state index is -0.153. The molecule has 9 aromatic rings. The molecule has 54 heavy (non-hydrogen) atoms. The fourth-order valence-corrected chi connectivity index (χ4v) is 8.69. The van der Waals surface area contributed by atoms with Crippen molar-refractivity contribution in [2.24, 2.45) is 0 Å². The number of para-hydroxylation sites is 1. The normalized spacial score (nSPS) is 12.8. The van der Waals surface area contributed by atoms with E-state index in [0.717, 1.165) is 17.1 Å². The highest BCUT2D eigenvalue weighted by Crippen LogP contribution is 2.53. The second-order valence-electron chi connectivity index (χ2n) is 15.0. The lowest BCUT2D eigenvalue weighted by molar-refractivity contribution is 0.660. The quantitative estimate of drug-likeness (QED) is 0.168. The third-order valence-electron chi connectivity index (χ3n) is 11.4. The molecule has 9 aromatic carbocycles. The van der Waals surface area contributed by atoms with Crippen molar-refractivity contribution in [3.05, 3.63) is 211 Å². The van der Waals surface area contributed by atoms with E-state index in [1.54, 1.807) is 0 Å². The van der Waals surface area contributed by atoms with Gasteiger partial charge in [-0.2, -0.15) is 0 Å². The van der Waals surface area contributed by atoms with Gasteiger partial charge in [-0.1, -0.05) is 159 Å². The van der Waals surface area contributed by atoms with E-state index in [1.807, 2.05) is 0 Å². The van der Waals surface area contributed by atoms with Gasteiger partial charge in [0.15, 0.2) is 0 Å². The van der Waals surface area contributed by atoms with Gasteiger partial charge in [0.25, 0.3) is 0 Å². The molecule has 1 aliphatic carbocycles. The molecule has 0 unspecified atom stereocenters. The molecular formula is C53H39N. The first kappa shape index (κ1) is 32.0. The lowest BCUT2D eigenvalue weighted by Crippen LogP contribution is -2.16. The van der Waals surface area contributed by atoms with Crippen molar-refractivity contribution in [2.45, 2.75) is 19.3 Å². The molecule has 0 spiro atoms. The van der Waals surface area contributed by atoms with Gasteiger partial charge >= 0.3 is 0 Å². The van der Waals surface area contributed by atoms with Crippen LogP contribution in [-0.4, -0.2) is 0 Å². The second-order valence-corrected chi connectivity index (χ2v) is 15.0. The molecule has 0 aromatic heterocycles. The van der Waals surface area contributed by atoms with Gasteiger partial charge in [-0.3, -0.25) is 0 Å². The highest BCUT2D eigenvalue weighted by atomic mass is 15.1. The highest BCUT2D eigenvalue weighted by Gasteiger charge is 2.37. The molecule has 0 saturated carbocycles. The average Bonchev–Trinajstić information content (AvgIpc) is 3.46. The SMILES string of the molecule is CC1(C)c2cc(N(c3ccccc3)c3cccc(-c4cc(-c5ccc6ccccc6c5)c5ccccc5c4)c3)ccc2-c2c(-c3ccccc3)cccc21. The maximum atomic E-state index is 2.43. The van der Waals surface area contributed by atoms with Crippen molar-refractivity contribution < 1.29 is 0 Å². The Morgan fingerprint density at radius 2 is 0.981 bits per heavy atom. The van der Waals surface area contributed by atoms with Crippen molar-refractivity contribution in [2.75, 3.05) is 4.90 Å². The number of nitrogens with zero attached hydrogens (tertiary/aromatic N) is 1. The zero-order valence-electron chi connectivity index (χ0n) is 30.5. The Morgan fingerprint density at radius 1 is 0.333 bits per heavy atom. The first-order valence-electron chi connectivity index (χ1n) is 18.8. The van der Waals surface area contributed by atoms with E-state index in [2.05, 4.69) is 219 Å². The lowest BCUT2D eigenvalue weighted by Gasteiger charge is -2.28. The third kappa shape index (κ3) is 5.32. The average molecular weight is 690 g/mol. The summed E-state index contributed by atoms with van der Waals surface area (Å²) in [5.41, 5.74) is 16.0. The van der Waals surface area contributed by atoms with Crippen LogP contribution in [0.4, 0.5) is 17.1 Å². The van der Waals surface area contributed by atoms with Crippen molar-refractivity contribution in [3.8, 4) is 44.5 Å². The van der Waals surface area contributed by atoms with Crippen LogP contribution in [0.3, 0.4) is 0 Å². The van der Waals surface area contributed by atoms with Crippen LogP contribution < -0.4 is 4.90 Å². The van der Waals surface area contributed by atoms with Gasteiger partial charge in [-0.05, 0) is 132 Å². The molecule has 0 heterocycles. The summed E-state index contributed by atoms with van der Waals surface area (Å²) in [5.74, 6) is 0. The second kappa shape index (κ2) is 12.8. The molecule has 1 aliphatic rings. The first-order chi connectivity index (χ1) is 26.5. The molecule has 0 aliphatic heterocycles. The number of rotatable bonds is 6. The van der Waals surface area contributed by atoms with Crippen molar-refractivity contribution in [1.29, 1.82) is 0 Å². The van der Waals surface area contributed by atoms with E-state index in [0.29, 0.717) is 0 Å². The summed E-state index contributed by atoms with van der Waals surface area (Å²) in [4.78, 5) is 2.41. The molecule has 0 fully saturated rings. The van der Waals surface area contributed by atoms with Gasteiger partial charge in [-0.25, -0.2) is 0 Å². The van der Waals surface area contributed by atoms with Gasteiger partial charge < -0.3 is 4.90 Å². The van der Waals surface area contributed by atoms with Gasteiger partial charge in [-0.15, -0.1) is 0 Å². The van der Waals surface area contributed by atoms with Gasteiger partial charge in [0.1, 0.15) is 0 Å². The largest absolute Gasteiger partial charge is 0.310 e. The Kier molecular flexibility index (Phi) is 7.56. The molecule has 0 radical (unpaired) electrons. The molecular weight excluding hydrogens is 651 g/mol. The number of anilines is 3. The summed E-state index contributed by atoms with van der Waals surface area (Å²) in [6.07, 6.45) is 0. The van der Waals surface area contributed by atoms with E-state index < -0.39 is 0 Å². The Balaban J connectivity index is 1.11. The highest BCUT2D eigenvalue weighted by molar-refractivity contribution is 6.02. The zero-order valence-corrected chi connectivity index (χ0v) is 30.5. The van der Waals surface area contributed by atoms with Crippen LogP contribution in [0.1, 0.15) is 25.0 Å². The standard InChI is InChI=1S/C53H39N/c1-53(2)50-26-14-25-47(37-16-5-3-6-17-37)52(50)48-30-29-45(35-51(48)53)54(43-21-7-4-8-22-43)44-23-13-20-39(33-44)42-32-40-19-11-12-24-46(40)49(34-42)41-28-27-36-15-9-10-18-38(36)31-41/h3-35H,1-2H3. The molecule has 10 rings (SSSR count). The van der Waals surface area contributed by atoms with E-state index >= 15 is 0 Å². The molecule has 1 nitrogen and oxygen atoms in total. The van der Waals surface area contributed by atoms with Crippen LogP contribution in [-0.2, 0) is 5.41 Å². The van der Waals surface area contributed by atoms with Gasteiger partial charge in [0, 0.05) is 22.5 Å². The smallest absolute Gasteiger partial charge is 0.0467 e. The van der Waals surface area contributed by atoms with E-state index in [9.17, 15) is 0 Å². The van der Waals surface area contributed by atoms with E-state index in [-0.39, 0.29) is 5.41 Å². The van der Waals surface area contributed by atoms with Gasteiger partial charge in [0.2, 0.25) is 0 Å². The molecule has 0 atom stereocenters. The van der Waals surface area contributed by atoms with Gasteiger partial charge in [0.05, 0.1) is 0 Å². The van der Waals surface area contributed by atoms with Crippen molar-refractivity contribution in [1.82, 2.24) is 0 Å². The van der Waals surface area contributed by atoms with Crippen LogP contribution in [0, 0.1) is 0 Å². The van der Waals surface area contributed by atoms with Crippen molar-refractivity contribution >= 4 is 38.6 Å².